The average Bonchev–Trinajstić information content (AvgIpc) is 2.97. The van der Waals surface area contributed by atoms with Crippen LogP contribution in [0.3, 0.4) is 0 Å². The van der Waals surface area contributed by atoms with Crippen LogP contribution in [0.1, 0.15) is 12.8 Å². The Labute approximate surface area is 131 Å². The van der Waals surface area contributed by atoms with Gasteiger partial charge < -0.3 is 14.7 Å². The summed E-state index contributed by atoms with van der Waals surface area (Å²) in [7, 11) is 1.64. The van der Waals surface area contributed by atoms with Crippen molar-refractivity contribution < 1.29 is 14.6 Å². The summed E-state index contributed by atoms with van der Waals surface area (Å²) in [5, 5.41) is 11.4. The SMILES string of the molecule is COc1ccc2cc(N3CCC[C@H]3C(=O)O)ccc2c1Br. The van der Waals surface area contributed by atoms with Crippen molar-refractivity contribution in [3.05, 3.63) is 34.8 Å². The van der Waals surface area contributed by atoms with E-state index in [4.69, 9.17) is 4.74 Å². The fourth-order valence-electron chi connectivity index (χ4n) is 2.93. The Balaban J connectivity index is 2.04. The van der Waals surface area contributed by atoms with Gasteiger partial charge in [0.15, 0.2) is 0 Å². The Morgan fingerprint density at radius 1 is 1.38 bits per heavy atom. The van der Waals surface area contributed by atoms with Crippen LogP contribution in [-0.2, 0) is 4.79 Å². The molecule has 0 saturated carbocycles. The summed E-state index contributed by atoms with van der Waals surface area (Å²) in [5.74, 6) is 0.0448. The second kappa shape index (κ2) is 5.56. The number of carboxylic acids is 1. The molecule has 0 spiro atoms. The normalized spacial score (nSPS) is 18.2. The van der Waals surface area contributed by atoms with Crippen molar-refractivity contribution in [1.29, 1.82) is 0 Å². The Morgan fingerprint density at radius 2 is 2.19 bits per heavy atom. The third kappa shape index (κ3) is 2.46. The zero-order valence-corrected chi connectivity index (χ0v) is 13.3. The van der Waals surface area contributed by atoms with Crippen LogP contribution in [0.25, 0.3) is 10.8 Å². The van der Waals surface area contributed by atoms with E-state index in [0.717, 1.165) is 39.6 Å². The molecule has 1 N–H and O–H groups in total. The van der Waals surface area contributed by atoms with Crippen molar-refractivity contribution in [2.45, 2.75) is 18.9 Å². The molecular weight excluding hydrogens is 334 g/mol. The minimum atomic E-state index is -0.747. The number of carbonyl (C=O) groups is 1. The van der Waals surface area contributed by atoms with Gasteiger partial charge in [-0.15, -0.1) is 0 Å². The first kappa shape index (κ1) is 14.2. The molecule has 0 radical (unpaired) electrons. The van der Waals surface area contributed by atoms with Crippen molar-refractivity contribution >= 4 is 38.4 Å². The van der Waals surface area contributed by atoms with Crippen LogP contribution in [0.5, 0.6) is 5.75 Å². The maximum Gasteiger partial charge on any atom is 0.326 e. The lowest BCUT2D eigenvalue weighted by Gasteiger charge is -2.24. The Kier molecular flexibility index (Phi) is 3.76. The molecule has 1 aliphatic rings. The van der Waals surface area contributed by atoms with E-state index >= 15 is 0 Å². The van der Waals surface area contributed by atoms with Gasteiger partial charge >= 0.3 is 5.97 Å². The minimum absolute atomic E-state index is 0.413. The zero-order valence-electron chi connectivity index (χ0n) is 11.7. The van der Waals surface area contributed by atoms with Crippen molar-refractivity contribution in [3.63, 3.8) is 0 Å². The predicted octanol–water partition coefficient (Wildman–Crippen LogP) is 3.66. The first-order chi connectivity index (χ1) is 10.1. The molecule has 3 rings (SSSR count). The van der Waals surface area contributed by atoms with Gasteiger partial charge in [-0.2, -0.15) is 0 Å². The summed E-state index contributed by atoms with van der Waals surface area (Å²) >= 11 is 3.55. The zero-order chi connectivity index (χ0) is 15.0. The summed E-state index contributed by atoms with van der Waals surface area (Å²) in [6, 6.07) is 9.52. The maximum absolute atomic E-state index is 11.3. The van der Waals surface area contributed by atoms with E-state index in [1.165, 1.54) is 0 Å². The number of methoxy groups -OCH3 is 1. The van der Waals surface area contributed by atoms with Gasteiger partial charge in [0, 0.05) is 12.2 Å². The van der Waals surface area contributed by atoms with Gasteiger partial charge in [0.05, 0.1) is 11.6 Å². The molecule has 1 atom stereocenters. The molecule has 21 heavy (non-hydrogen) atoms. The predicted molar refractivity (Wildman–Crippen MR) is 86.2 cm³/mol. The second-order valence-corrected chi connectivity index (χ2v) is 5.97. The molecule has 0 amide bonds. The lowest BCUT2D eigenvalue weighted by molar-refractivity contribution is -0.138. The van der Waals surface area contributed by atoms with Crippen LogP contribution < -0.4 is 9.64 Å². The highest BCUT2D eigenvalue weighted by molar-refractivity contribution is 9.10. The molecule has 2 aromatic carbocycles. The summed E-state index contributed by atoms with van der Waals surface area (Å²) in [6.07, 6.45) is 1.63. The van der Waals surface area contributed by atoms with Crippen LogP contribution in [0, 0.1) is 0 Å². The molecule has 0 unspecified atom stereocenters. The van der Waals surface area contributed by atoms with Gasteiger partial charge in [-0.1, -0.05) is 12.1 Å². The number of ether oxygens (including phenoxy) is 1. The number of hydrogen-bond acceptors (Lipinski definition) is 3. The number of fused-ring (bicyclic) bond motifs is 1. The topological polar surface area (TPSA) is 49.8 Å². The number of halogens is 1. The monoisotopic (exact) mass is 349 g/mol. The average molecular weight is 350 g/mol. The van der Waals surface area contributed by atoms with Crippen molar-refractivity contribution in [2.24, 2.45) is 0 Å². The van der Waals surface area contributed by atoms with E-state index in [-0.39, 0.29) is 0 Å². The number of benzene rings is 2. The number of rotatable bonds is 3. The van der Waals surface area contributed by atoms with E-state index in [9.17, 15) is 9.90 Å². The third-order valence-corrected chi connectivity index (χ3v) is 4.81. The minimum Gasteiger partial charge on any atom is -0.496 e. The molecule has 1 saturated heterocycles. The van der Waals surface area contributed by atoms with Gasteiger partial charge in [0.1, 0.15) is 11.8 Å². The number of anilines is 1. The molecule has 0 bridgehead atoms. The summed E-state index contributed by atoms with van der Waals surface area (Å²) in [5.41, 5.74) is 0.962. The third-order valence-electron chi connectivity index (χ3n) is 3.99. The molecular formula is C16H16BrNO3. The molecule has 0 aromatic heterocycles. The van der Waals surface area contributed by atoms with E-state index in [0.29, 0.717) is 6.42 Å². The number of aliphatic carboxylic acids is 1. The second-order valence-electron chi connectivity index (χ2n) is 5.18. The Hall–Kier alpha value is -1.75. The summed E-state index contributed by atoms with van der Waals surface area (Å²) < 4.78 is 6.22. The Bertz CT molecular complexity index is 701. The van der Waals surface area contributed by atoms with Crippen LogP contribution in [0.15, 0.2) is 34.8 Å². The highest BCUT2D eigenvalue weighted by Gasteiger charge is 2.30. The molecule has 1 fully saturated rings. The number of hydrogen-bond donors (Lipinski definition) is 1. The van der Waals surface area contributed by atoms with E-state index in [2.05, 4.69) is 15.9 Å². The summed E-state index contributed by atoms with van der Waals surface area (Å²) in [4.78, 5) is 13.3. The highest BCUT2D eigenvalue weighted by Crippen LogP contribution is 2.36. The van der Waals surface area contributed by atoms with Crippen LogP contribution in [0.2, 0.25) is 0 Å². The van der Waals surface area contributed by atoms with Crippen LogP contribution >= 0.6 is 15.9 Å². The van der Waals surface area contributed by atoms with Crippen LogP contribution in [0.4, 0.5) is 5.69 Å². The van der Waals surface area contributed by atoms with E-state index in [1.807, 2.05) is 35.2 Å². The first-order valence-electron chi connectivity index (χ1n) is 6.87. The number of nitrogens with zero attached hydrogens (tertiary/aromatic N) is 1. The lowest BCUT2D eigenvalue weighted by atomic mass is 10.1. The standard InChI is InChI=1S/C16H16BrNO3/c1-21-14-7-4-10-9-11(5-6-12(10)15(14)17)18-8-2-3-13(18)16(19)20/h4-7,9,13H,2-3,8H2,1H3,(H,19,20)/t13-/m0/s1. The molecule has 1 aliphatic heterocycles. The molecule has 2 aromatic rings. The smallest absolute Gasteiger partial charge is 0.326 e. The first-order valence-corrected chi connectivity index (χ1v) is 7.67. The van der Waals surface area contributed by atoms with Crippen LogP contribution in [-0.4, -0.2) is 30.8 Å². The van der Waals surface area contributed by atoms with E-state index in [1.54, 1.807) is 7.11 Å². The molecule has 4 nitrogen and oxygen atoms in total. The van der Waals surface area contributed by atoms with Crippen molar-refractivity contribution in [2.75, 3.05) is 18.6 Å². The maximum atomic E-state index is 11.3. The fourth-order valence-corrected chi connectivity index (χ4v) is 3.58. The largest absolute Gasteiger partial charge is 0.496 e. The quantitative estimate of drug-likeness (QED) is 0.918. The lowest BCUT2D eigenvalue weighted by Crippen LogP contribution is -2.35. The van der Waals surface area contributed by atoms with Crippen molar-refractivity contribution in [3.8, 4) is 5.75 Å². The van der Waals surface area contributed by atoms with E-state index < -0.39 is 12.0 Å². The number of carboxylic acid groups (broad SMARTS) is 1. The molecule has 0 aliphatic carbocycles. The van der Waals surface area contributed by atoms with Crippen molar-refractivity contribution in [1.82, 2.24) is 0 Å². The summed E-state index contributed by atoms with van der Waals surface area (Å²) in [6.45, 7) is 0.791. The molecule has 1 heterocycles. The Morgan fingerprint density at radius 3 is 2.90 bits per heavy atom. The fraction of sp³-hybridized carbons (Fsp3) is 0.312. The van der Waals surface area contributed by atoms with Gasteiger partial charge in [0.25, 0.3) is 0 Å². The van der Waals surface area contributed by atoms with Gasteiger partial charge in [0.2, 0.25) is 0 Å². The van der Waals surface area contributed by atoms with Gasteiger partial charge in [-0.05, 0) is 57.7 Å². The highest BCUT2D eigenvalue weighted by atomic mass is 79.9. The molecule has 110 valence electrons. The van der Waals surface area contributed by atoms with Gasteiger partial charge in [-0.25, -0.2) is 4.79 Å². The molecule has 5 heteroatoms. The van der Waals surface area contributed by atoms with Gasteiger partial charge in [-0.3, -0.25) is 0 Å².